The van der Waals surface area contributed by atoms with Crippen LogP contribution in [0.15, 0.2) is 0 Å². The van der Waals surface area contributed by atoms with E-state index in [4.69, 9.17) is 0 Å². The zero-order valence-electron chi connectivity index (χ0n) is 4.85. The molecule has 2 bridgehead atoms. The smallest absolute Gasteiger partial charge is 0.0383 e. The molecule has 0 unspecified atom stereocenters. The lowest BCUT2D eigenvalue weighted by atomic mass is 9.83. The minimum absolute atomic E-state index is 1.09. The van der Waals surface area contributed by atoms with E-state index in [2.05, 4.69) is 6.92 Å². The molecule has 0 aliphatic heterocycles. The van der Waals surface area contributed by atoms with Crippen LogP contribution < -0.4 is 0 Å². The molecule has 1 atom stereocenters. The molecule has 3 fully saturated rings. The van der Waals surface area contributed by atoms with Crippen LogP contribution >= 0.6 is 0 Å². The fourth-order valence-corrected chi connectivity index (χ4v) is 2.16. The van der Waals surface area contributed by atoms with Crippen molar-refractivity contribution in [2.45, 2.75) is 26.2 Å². The van der Waals surface area contributed by atoms with Crippen molar-refractivity contribution in [1.29, 1.82) is 0 Å². The Bertz CT molecular complexity index is 80.0. The van der Waals surface area contributed by atoms with E-state index in [1.54, 1.807) is 19.3 Å². The van der Waals surface area contributed by atoms with Crippen LogP contribution in [0.4, 0.5) is 0 Å². The Hall–Kier alpha value is 0. The molecule has 0 aromatic rings. The van der Waals surface area contributed by atoms with Crippen molar-refractivity contribution in [2.75, 3.05) is 0 Å². The summed E-state index contributed by atoms with van der Waals surface area (Å²) >= 11 is 0. The van der Waals surface area contributed by atoms with Crippen molar-refractivity contribution in [3.63, 3.8) is 0 Å². The highest BCUT2D eigenvalue weighted by atomic mass is 14.5. The van der Waals surface area contributed by atoms with Gasteiger partial charge in [0.15, 0.2) is 0 Å². The van der Waals surface area contributed by atoms with Gasteiger partial charge < -0.3 is 0 Å². The third-order valence-electron chi connectivity index (χ3n) is 2.78. The van der Waals surface area contributed by atoms with Crippen LogP contribution in [0.3, 0.4) is 0 Å². The maximum Gasteiger partial charge on any atom is -0.0383 e. The van der Waals surface area contributed by atoms with E-state index in [-0.39, 0.29) is 0 Å². The van der Waals surface area contributed by atoms with Gasteiger partial charge in [-0.2, -0.15) is 0 Å². The van der Waals surface area contributed by atoms with Crippen LogP contribution in [0.25, 0.3) is 0 Å². The van der Waals surface area contributed by atoms with Crippen molar-refractivity contribution in [2.24, 2.45) is 17.8 Å². The number of hydrogen-bond donors (Lipinski definition) is 0. The fourth-order valence-electron chi connectivity index (χ4n) is 2.16. The molecule has 0 nitrogen and oxygen atoms in total. The summed E-state index contributed by atoms with van der Waals surface area (Å²) in [6.07, 6.45) is 4.69. The van der Waals surface area contributed by atoms with Crippen molar-refractivity contribution in [3.8, 4) is 0 Å². The van der Waals surface area contributed by atoms with Gasteiger partial charge in [-0.25, -0.2) is 0 Å². The summed E-state index contributed by atoms with van der Waals surface area (Å²) in [4.78, 5) is 0. The van der Waals surface area contributed by atoms with Gasteiger partial charge in [-0.15, -0.1) is 0 Å². The van der Waals surface area contributed by atoms with Crippen molar-refractivity contribution in [1.82, 2.24) is 0 Å². The average molecular weight is 96.2 g/mol. The first-order valence-corrected chi connectivity index (χ1v) is 3.36. The highest BCUT2D eigenvalue weighted by Crippen LogP contribution is 2.51. The van der Waals surface area contributed by atoms with Gasteiger partial charge in [0.05, 0.1) is 0 Å². The highest BCUT2D eigenvalue weighted by Gasteiger charge is 2.41. The first-order valence-electron chi connectivity index (χ1n) is 3.36. The van der Waals surface area contributed by atoms with Crippen LogP contribution in [0.1, 0.15) is 26.2 Å². The average Bonchev–Trinajstić information content (AvgIpc) is 1.85. The quantitative estimate of drug-likeness (QED) is 0.433. The maximum atomic E-state index is 2.40. The van der Waals surface area contributed by atoms with Crippen LogP contribution in [0, 0.1) is 17.8 Å². The van der Waals surface area contributed by atoms with Crippen molar-refractivity contribution in [3.05, 3.63) is 0 Å². The van der Waals surface area contributed by atoms with E-state index in [9.17, 15) is 0 Å². The second-order valence-corrected chi connectivity index (χ2v) is 3.31. The minimum atomic E-state index is 1.09. The Kier molecular flexibility index (Phi) is 0.586. The molecule has 7 heavy (non-hydrogen) atoms. The number of rotatable bonds is 0. The van der Waals surface area contributed by atoms with Gasteiger partial charge in [0.2, 0.25) is 0 Å². The number of fused-ring (bicyclic) bond motifs is 1. The Labute approximate surface area is 44.9 Å². The Morgan fingerprint density at radius 3 is 2.00 bits per heavy atom. The zero-order valence-corrected chi connectivity index (χ0v) is 4.85. The summed E-state index contributed by atoms with van der Waals surface area (Å²) in [5.74, 6) is 3.41. The third kappa shape index (κ3) is 0.375. The molecule has 0 amide bonds. The van der Waals surface area contributed by atoms with Gasteiger partial charge in [-0.05, 0) is 37.0 Å². The summed E-state index contributed by atoms with van der Waals surface area (Å²) < 4.78 is 0. The summed E-state index contributed by atoms with van der Waals surface area (Å²) in [5, 5.41) is 0. The lowest BCUT2D eigenvalue weighted by molar-refractivity contribution is 0.281. The Balaban J connectivity index is 2.13. The minimum Gasteiger partial charge on any atom is -0.0622 e. The van der Waals surface area contributed by atoms with E-state index >= 15 is 0 Å². The Morgan fingerprint density at radius 1 is 1.14 bits per heavy atom. The predicted molar refractivity (Wildman–Crippen MR) is 30.0 cm³/mol. The topological polar surface area (TPSA) is 0 Å². The molecule has 3 aliphatic rings. The fraction of sp³-hybridized carbons (Fsp3) is 1.00. The van der Waals surface area contributed by atoms with Crippen LogP contribution in [-0.4, -0.2) is 0 Å². The largest absolute Gasteiger partial charge is 0.0622 e. The first kappa shape index (κ1) is 3.94. The molecule has 0 N–H and O–H groups in total. The molecule has 0 saturated heterocycles. The molecule has 3 saturated carbocycles. The molecule has 0 aromatic heterocycles. The molecular formula is C7H12. The normalized spacial score (nSPS) is 57.0. The van der Waals surface area contributed by atoms with Crippen LogP contribution in [-0.2, 0) is 0 Å². The lowest BCUT2D eigenvalue weighted by Gasteiger charge is -2.23. The first-order chi connectivity index (χ1) is 3.36. The number of hydrogen-bond acceptors (Lipinski definition) is 0. The zero-order chi connectivity index (χ0) is 4.85. The SMILES string of the molecule is C[C@H]1CC2CC1C2. The molecular weight excluding hydrogens is 84.1 g/mol. The predicted octanol–water partition coefficient (Wildman–Crippen LogP) is 2.05. The van der Waals surface area contributed by atoms with Crippen molar-refractivity contribution >= 4 is 0 Å². The molecule has 0 heteroatoms. The second-order valence-electron chi connectivity index (χ2n) is 3.31. The molecule has 40 valence electrons. The highest BCUT2D eigenvalue weighted by molar-refractivity contribution is 4.91. The van der Waals surface area contributed by atoms with Gasteiger partial charge in [0.1, 0.15) is 0 Å². The van der Waals surface area contributed by atoms with Crippen LogP contribution in [0.5, 0.6) is 0 Å². The summed E-state index contributed by atoms with van der Waals surface area (Å²) in [6, 6.07) is 0. The van der Waals surface area contributed by atoms with Gasteiger partial charge >= 0.3 is 0 Å². The molecule has 0 heterocycles. The second kappa shape index (κ2) is 1.04. The molecule has 0 radical (unpaired) electrons. The monoisotopic (exact) mass is 96.1 g/mol. The van der Waals surface area contributed by atoms with Gasteiger partial charge in [-0.1, -0.05) is 6.92 Å². The lowest BCUT2D eigenvalue weighted by Crippen LogP contribution is -2.12. The van der Waals surface area contributed by atoms with E-state index in [1.807, 2.05) is 0 Å². The summed E-state index contributed by atoms with van der Waals surface area (Å²) in [7, 11) is 0. The molecule has 3 aliphatic carbocycles. The third-order valence-corrected chi connectivity index (χ3v) is 2.78. The van der Waals surface area contributed by atoms with E-state index < -0.39 is 0 Å². The van der Waals surface area contributed by atoms with E-state index in [0.717, 1.165) is 11.8 Å². The standard InChI is InChI=1S/C7H12/c1-5-2-6-3-7(5)4-6/h5-7H,2-4H2,1H3/t5-,6?,7?/m0/s1. The summed E-state index contributed by atoms with van der Waals surface area (Å²) in [6.45, 7) is 2.40. The molecule has 3 rings (SSSR count). The van der Waals surface area contributed by atoms with Crippen molar-refractivity contribution < 1.29 is 0 Å². The van der Waals surface area contributed by atoms with Gasteiger partial charge in [-0.3, -0.25) is 0 Å². The maximum absolute atomic E-state index is 2.40. The molecule has 0 spiro atoms. The van der Waals surface area contributed by atoms with Gasteiger partial charge in [0.25, 0.3) is 0 Å². The van der Waals surface area contributed by atoms with Crippen LogP contribution in [0.2, 0.25) is 0 Å². The summed E-state index contributed by atoms with van der Waals surface area (Å²) in [5.41, 5.74) is 0. The Morgan fingerprint density at radius 2 is 1.86 bits per heavy atom. The van der Waals surface area contributed by atoms with E-state index in [0.29, 0.717) is 0 Å². The molecule has 0 aromatic carbocycles. The van der Waals surface area contributed by atoms with Gasteiger partial charge in [0, 0.05) is 0 Å². The van der Waals surface area contributed by atoms with E-state index in [1.165, 1.54) is 5.92 Å².